The van der Waals surface area contributed by atoms with Gasteiger partial charge in [-0.3, -0.25) is 0 Å². The van der Waals surface area contributed by atoms with E-state index in [1.54, 1.807) is 0 Å². The minimum absolute atomic E-state index is 0.383. The van der Waals surface area contributed by atoms with Crippen molar-refractivity contribution in [2.24, 2.45) is 11.3 Å². The monoisotopic (exact) mass is 233 g/mol. The summed E-state index contributed by atoms with van der Waals surface area (Å²) in [5.74, 6) is 1.66. The average molecular weight is 233 g/mol. The van der Waals surface area contributed by atoms with Gasteiger partial charge in [-0.05, 0) is 36.8 Å². The minimum atomic E-state index is 0.383. The van der Waals surface area contributed by atoms with Gasteiger partial charge in [0.25, 0.3) is 0 Å². The maximum absolute atomic E-state index is 4.53. The zero-order chi connectivity index (χ0) is 12.5. The summed E-state index contributed by atoms with van der Waals surface area (Å²) >= 11 is 0. The third kappa shape index (κ3) is 3.35. The molecule has 1 unspecified atom stereocenters. The molecule has 0 spiro atoms. The first-order valence-electron chi connectivity index (χ1n) is 6.39. The Morgan fingerprint density at radius 1 is 1.24 bits per heavy atom. The first kappa shape index (κ1) is 12.2. The Labute approximate surface area is 104 Å². The molecule has 1 aliphatic heterocycles. The highest BCUT2D eigenvalue weighted by Gasteiger charge is 2.21. The van der Waals surface area contributed by atoms with Crippen molar-refractivity contribution in [3.8, 4) is 0 Å². The van der Waals surface area contributed by atoms with Crippen LogP contribution < -0.4 is 10.6 Å². The van der Waals surface area contributed by atoms with Gasteiger partial charge in [0.05, 0.1) is 5.69 Å². The SMILES string of the molecule is Cc1ccc2c(n1)NCC(CC(C)(C)C)CN2. The molecule has 0 aromatic carbocycles. The minimum Gasteiger partial charge on any atom is -0.382 e. The molecule has 0 amide bonds. The van der Waals surface area contributed by atoms with Gasteiger partial charge in [-0.2, -0.15) is 0 Å². The molecule has 94 valence electrons. The highest BCUT2D eigenvalue weighted by atomic mass is 15.1. The van der Waals surface area contributed by atoms with Crippen molar-refractivity contribution in [2.75, 3.05) is 23.7 Å². The van der Waals surface area contributed by atoms with Crippen LogP contribution in [0.25, 0.3) is 0 Å². The molecule has 1 aliphatic rings. The van der Waals surface area contributed by atoms with Crippen LogP contribution in [0.1, 0.15) is 32.9 Å². The van der Waals surface area contributed by atoms with Gasteiger partial charge in [0.2, 0.25) is 0 Å². The van der Waals surface area contributed by atoms with Gasteiger partial charge in [-0.25, -0.2) is 4.98 Å². The van der Waals surface area contributed by atoms with Gasteiger partial charge in [-0.15, -0.1) is 0 Å². The summed E-state index contributed by atoms with van der Waals surface area (Å²) in [5.41, 5.74) is 2.58. The van der Waals surface area contributed by atoms with E-state index < -0.39 is 0 Å². The Morgan fingerprint density at radius 3 is 2.65 bits per heavy atom. The highest BCUT2D eigenvalue weighted by molar-refractivity contribution is 5.65. The lowest BCUT2D eigenvalue weighted by Gasteiger charge is -2.24. The Kier molecular flexibility index (Phi) is 3.27. The maximum atomic E-state index is 4.53. The summed E-state index contributed by atoms with van der Waals surface area (Å²) in [7, 11) is 0. The normalized spacial score (nSPS) is 19.9. The van der Waals surface area contributed by atoms with E-state index in [9.17, 15) is 0 Å². The molecular weight excluding hydrogens is 210 g/mol. The molecule has 3 heteroatoms. The largest absolute Gasteiger partial charge is 0.382 e. The number of anilines is 2. The van der Waals surface area contributed by atoms with Gasteiger partial charge in [-0.1, -0.05) is 20.8 Å². The number of hydrogen-bond acceptors (Lipinski definition) is 3. The Morgan fingerprint density at radius 2 is 1.94 bits per heavy atom. The Balaban J connectivity index is 2.06. The molecule has 1 atom stereocenters. The molecule has 0 saturated carbocycles. The van der Waals surface area contributed by atoms with Crippen LogP contribution in [-0.2, 0) is 0 Å². The molecule has 0 radical (unpaired) electrons. The van der Waals surface area contributed by atoms with E-state index in [4.69, 9.17) is 0 Å². The molecule has 2 rings (SSSR count). The molecular formula is C14H23N3. The van der Waals surface area contributed by atoms with Crippen molar-refractivity contribution in [1.29, 1.82) is 0 Å². The van der Waals surface area contributed by atoms with Crippen LogP contribution >= 0.6 is 0 Å². The van der Waals surface area contributed by atoms with Crippen LogP contribution in [0.4, 0.5) is 11.5 Å². The first-order chi connectivity index (χ1) is 7.94. The summed E-state index contributed by atoms with van der Waals surface area (Å²) < 4.78 is 0. The van der Waals surface area contributed by atoms with Crippen molar-refractivity contribution in [3.63, 3.8) is 0 Å². The van der Waals surface area contributed by atoms with Crippen molar-refractivity contribution in [1.82, 2.24) is 4.98 Å². The predicted molar refractivity (Wildman–Crippen MR) is 73.5 cm³/mol. The molecule has 1 aromatic heterocycles. The average Bonchev–Trinajstić information content (AvgIpc) is 2.39. The second kappa shape index (κ2) is 4.55. The van der Waals surface area contributed by atoms with Crippen molar-refractivity contribution >= 4 is 11.5 Å². The molecule has 17 heavy (non-hydrogen) atoms. The first-order valence-corrected chi connectivity index (χ1v) is 6.39. The fraction of sp³-hybridized carbons (Fsp3) is 0.643. The number of nitrogens with one attached hydrogen (secondary N) is 2. The van der Waals surface area contributed by atoms with E-state index in [0.717, 1.165) is 30.3 Å². The third-order valence-electron chi connectivity index (χ3n) is 3.07. The lowest BCUT2D eigenvalue weighted by Crippen LogP contribution is -2.24. The second-order valence-corrected chi connectivity index (χ2v) is 6.24. The number of rotatable bonds is 1. The van der Waals surface area contributed by atoms with Gasteiger partial charge < -0.3 is 10.6 Å². The zero-order valence-electron chi connectivity index (χ0n) is 11.3. The van der Waals surface area contributed by atoms with Crippen LogP contribution in [0.2, 0.25) is 0 Å². The number of aryl methyl sites for hydroxylation is 1. The number of aromatic nitrogens is 1. The van der Waals surface area contributed by atoms with Crippen LogP contribution in [0.5, 0.6) is 0 Å². The van der Waals surface area contributed by atoms with E-state index >= 15 is 0 Å². The Bertz CT molecular complexity index is 393. The molecule has 2 N–H and O–H groups in total. The number of pyridine rings is 1. The quantitative estimate of drug-likeness (QED) is 0.781. The van der Waals surface area contributed by atoms with Crippen molar-refractivity contribution in [3.05, 3.63) is 17.8 Å². The molecule has 0 fully saturated rings. The fourth-order valence-electron chi connectivity index (χ4n) is 2.41. The van der Waals surface area contributed by atoms with Gasteiger partial charge in [0.15, 0.2) is 0 Å². The number of fused-ring (bicyclic) bond motifs is 1. The molecule has 2 heterocycles. The van der Waals surface area contributed by atoms with Gasteiger partial charge >= 0.3 is 0 Å². The maximum Gasteiger partial charge on any atom is 0.149 e. The predicted octanol–water partition coefficient (Wildman–Crippen LogP) is 3.28. The molecule has 1 aromatic rings. The zero-order valence-corrected chi connectivity index (χ0v) is 11.3. The molecule has 0 aliphatic carbocycles. The van der Waals surface area contributed by atoms with E-state index in [1.165, 1.54) is 6.42 Å². The standard InChI is InChI=1S/C14H23N3/c1-10-5-6-12-13(17-10)16-9-11(8-15-12)7-14(2,3)4/h5-6,11,15H,7-9H2,1-4H3,(H,16,17). The summed E-state index contributed by atoms with van der Waals surface area (Å²) in [6.07, 6.45) is 1.22. The second-order valence-electron chi connectivity index (χ2n) is 6.24. The summed E-state index contributed by atoms with van der Waals surface area (Å²) in [6, 6.07) is 4.17. The smallest absolute Gasteiger partial charge is 0.149 e. The van der Waals surface area contributed by atoms with Crippen LogP contribution in [0, 0.1) is 18.3 Å². The van der Waals surface area contributed by atoms with Crippen LogP contribution in [-0.4, -0.2) is 18.1 Å². The van der Waals surface area contributed by atoms with Crippen molar-refractivity contribution < 1.29 is 0 Å². The van der Waals surface area contributed by atoms with Crippen LogP contribution in [0.3, 0.4) is 0 Å². The third-order valence-corrected chi connectivity index (χ3v) is 3.07. The lowest BCUT2D eigenvalue weighted by molar-refractivity contribution is 0.310. The highest BCUT2D eigenvalue weighted by Crippen LogP contribution is 2.29. The molecule has 0 saturated heterocycles. The fourth-order valence-corrected chi connectivity index (χ4v) is 2.41. The number of nitrogens with zero attached hydrogens (tertiary/aromatic N) is 1. The number of hydrogen-bond donors (Lipinski definition) is 2. The topological polar surface area (TPSA) is 37.0 Å². The summed E-state index contributed by atoms with van der Waals surface area (Å²) in [4.78, 5) is 4.53. The lowest BCUT2D eigenvalue weighted by atomic mass is 9.84. The summed E-state index contributed by atoms with van der Waals surface area (Å²) in [5, 5.41) is 6.96. The van der Waals surface area contributed by atoms with Gasteiger partial charge in [0.1, 0.15) is 5.82 Å². The Hall–Kier alpha value is -1.25. The van der Waals surface area contributed by atoms with E-state index in [-0.39, 0.29) is 0 Å². The van der Waals surface area contributed by atoms with E-state index in [2.05, 4.69) is 48.5 Å². The van der Waals surface area contributed by atoms with Gasteiger partial charge in [0, 0.05) is 18.8 Å². The van der Waals surface area contributed by atoms with Crippen LogP contribution in [0.15, 0.2) is 12.1 Å². The van der Waals surface area contributed by atoms with Crippen molar-refractivity contribution in [2.45, 2.75) is 34.1 Å². The molecule has 0 bridgehead atoms. The van der Waals surface area contributed by atoms with E-state index in [0.29, 0.717) is 11.3 Å². The molecule has 3 nitrogen and oxygen atoms in total. The van der Waals surface area contributed by atoms with E-state index in [1.807, 2.05) is 6.92 Å². The summed E-state index contributed by atoms with van der Waals surface area (Å²) in [6.45, 7) is 11.0.